The molecule has 0 aliphatic carbocycles. The molecule has 0 saturated carbocycles. The molecule has 0 spiro atoms. The van der Waals surface area contributed by atoms with Gasteiger partial charge in [0, 0.05) is 7.93 Å². The minimum Gasteiger partial charge on any atom is -0.396 e. The summed E-state index contributed by atoms with van der Waals surface area (Å²) in [7, 11) is 0. The first-order chi connectivity index (χ1) is 9.48. The summed E-state index contributed by atoms with van der Waals surface area (Å²) in [6, 6.07) is 0. The summed E-state index contributed by atoms with van der Waals surface area (Å²) >= 11 is 0. The third kappa shape index (κ3) is 16.0. The molecule has 1 heteroatoms. The van der Waals surface area contributed by atoms with Crippen LogP contribution in [-0.2, 0) is 0 Å². The van der Waals surface area contributed by atoms with Crippen LogP contribution < -0.4 is 0 Å². The van der Waals surface area contributed by atoms with Crippen molar-refractivity contribution in [3.05, 3.63) is 0 Å². The fraction of sp³-hybridized carbons (Fsp3) is 1.00. The van der Waals surface area contributed by atoms with Gasteiger partial charge in [-0.15, -0.1) is 0 Å². The zero-order valence-corrected chi connectivity index (χ0v) is 11.7. The second-order valence-electron chi connectivity index (χ2n) is 5.01. The Balaban J connectivity index is 3.14. The minimum absolute atomic E-state index is 0.459. The Labute approximate surface area is 113 Å². The molecule has 0 radical (unpaired) electrons. The van der Waals surface area contributed by atoms with Crippen molar-refractivity contribution in [3.63, 3.8) is 0 Å². The standard InChI is InChI=1S/C16H34O/c1-2-3-4-5-6-7-8-9-10-11-12-13-14-15-16-17/h17H,2-16H2,1H3/i15D,16D2. The normalized spacial score (nSPS) is 16.2. The molecule has 0 aromatic heterocycles. The van der Waals surface area contributed by atoms with Gasteiger partial charge in [0.15, 0.2) is 0 Å². The van der Waals surface area contributed by atoms with Crippen LogP contribution in [0.25, 0.3) is 0 Å². The van der Waals surface area contributed by atoms with E-state index < -0.39 is 13.0 Å². The molecule has 0 heterocycles. The van der Waals surface area contributed by atoms with E-state index in [2.05, 4.69) is 6.92 Å². The van der Waals surface area contributed by atoms with Gasteiger partial charge < -0.3 is 5.11 Å². The predicted molar refractivity (Wildman–Crippen MR) is 77.4 cm³/mol. The van der Waals surface area contributed by atoms with Crippen molar-refractivity contribution >= 4 is 0 Å². The maximum absolute atomic E-state index is 9.01. The van der Waals surface area contributed by atoms with Crippen LogP contribution in [0.5, 0.6) is 0 Å². The van der Waals surface area contributed by atoms with Crippen molar-refractivity contribution in [3.8, 4) is 0 Å². The highest BCUT2D eigenvalue weighted by Crippen LogP contribution is 2.12. The van der Waals surface area contributed by atoms with E-state index in [1.54, 1.807) is 0 Å². The molecule has 0 rings (SSSR count). The molecule has 0 bridgehead atoms. The van der Waals surface area contributed by atoms with E-state index in [0.717, 1.165) is 12.8 Å². The molecule has 1 nitrogen and oxygen atoms in total. The van der Waals surface area contributed by atoms with Gasteiger partial charge in [0.05, 0.1) is 2.74 Å². The van der Waals surface area contributed by atoms with Crippen LogP contribution in [0.4, 0.5) is 0 Å². The van der Waals surface area contributed by atoms with Crippen LogP contribution in [0, 0.1) is 0 Å². The van der Waals surface area contributed by atoms with Crippen LogP contribution in [-0.4, -0.2) is 11.7 Å². The molecule has 0 aliphatic heterocycles. The highest BCUT2D eigenvalue weighted by Gasteiger charge is 1.93. The fourth-order valence-electron chi connectivity index (χ4n) is 2.15. The number of unbranched alkanes of at least 4 members (excludes halogenated alkanes) is 11. The summed E-state index contributed by atoms with van der Waals surface area (Å²) in [5, 5.41) is 9.01. The van der Waals surface area contributed by atoms with Crippen molar-refractivity contribution in [1.29, 1.82) is 0 Å². The number of aliphatic hydroxyl groups is 1. The van der Waals surface area contributed by atoms with E-state index in [1.165, 1.54) is 64.2 Å². The van der Waals surface area contributed by atoms with Gasteiger partial charge in [-0.3, -0.25) is 0 Å². The Hall–Kier alpha value is -0.0400. The summed E-state index contributed by atoms with van der Waals surface area (Å²) in [6.45, 7) is -0.0880. The van der Waals surface area contributed by atoms with Gasteiger partial charge in [-0.25, -0.2) is 0 Å². The molecule has 0 saturated heterocycles. The van der Waals surface area contributed by atoms with Crippen LogP contribution in [0.2, 0.25) is 0 Å². The SMILES string of the molecule is [2H]C(CCCCCCCCCCCCCC)C([2H])([2H])O. The smallest absolute Gasteiger partial charge is 0.0564 e. The first kappa shape index (κ1) is 12.0. The summed E-state index contributed by atoms with van der Waals surface area (Å²) in [5.74, 6) is 0. The lowest BCUT2D eigenvalue weighted by Crippen LogP contribution is -1.84. The van der Waals surface area contributed by atoms with Gasteiger partial charge >= 0.3 is 0 Å². The number of hydrogen-bond acceptors (Lipinski definition) is 1. The second kappa shape index (κ2) is 16.0. The number of hydrogen-bond donors (Lipinski definition) is 1. The largest absolute Gasteiger partial charge is 0.396 e. The van der Waals surface area contributed by atoms with Crippen molar-refractivity contribution in [2.24, 2.45) is 0 Å². The molecule has 0 fully saturated rings. The van der Waals surface area contributed by atoms with Crippen molar-refractivity contribution < 1.29 is 9.22 Å². The highest BCUT2D eigenvalue weighted by molar-refractivity contribution is 4.48. The summed E-state index contributed by atoms with van der Waals surface area (Å²) in [6.07, 6.45) is 14.7. The third-order valence-corrected chi connectivity index (χ3v) is 3.29. The highest BCUT2D eigenvalue weighted by atomic mass is 16.2. The average molecular weight is 245 g/mol. The maximum Gasteiger partial charge on any atom is 0.0564 e. The molecule has 17 heavy (non-hydrogen) atoms. The topological polar surface area (TPSA) is 20.2 Å². The van der Waals surface area contributed by atoms with Gasteiger partial charge in [0.25, 0.3) is 0 Å². The lowest BCUT2D eigenvalue weighted by atomic mass is 10.0. The molecule has 104 valence electrons. The van der Waals surface area contributed by atoms with Crippen molar-refractivity contribution in [2.75, 3.05) is 6.56 Å². The molecular formula is C16H34O. The van der Waals surface area contributed by atoms with Gasteiger partial charge in [-0.05, 0) is 6.40 Å². The maximum atomic E-state index is 9.01. The van der Waals surface area contributed by atoms with Gasteiger partial charge in [0.1, 0.15) is 0 Å². The first-order valence-electron chi connectivity index (χ1n) is 9.20. The van der Waals surface area contributed by atoms with Crippen molar-refractivity contribution in [1.82, 2.24) is 0 Å². The zero-order chi connectivity index (χ0) is 15.3. The summed E-state index contributed by atoms with van der Waals surface area (Å²) in [5.41, 5.74) is 0. The monoisotopic (exact) mass is 245 g/mol. The van der Waals surface area contributed by atoms with Gasteiger partial charge in [-0.2, -0.15) is 0 Å². The Morgan fingerprint density at radius 2 is 1.00 bits per heavy atom. The van der Waals surface area contributed by atoms with E-state index in [0.29, 0.717) is 6.42 Å². The summed E-state index contributed by atoms with van der Waals surface area (Å²) in [4.78, 5) is 0. The van der Waals surface area contributed by atoms with Crippen LogP contribution in [0.1, 0.15) is 101 Å². The Bertz CT molecular complexity index is 204. The molecule has 1 N–H and O–H groups in total. The lowest BCUT2D eigenvalue weighted by molar-refractivity contribution is 0.282. The van der Waals surface area contributed by atoms with E-state index in [1.807, 2.05) is 0 Å². The van der Waals surface area contributed by atoms with E-state index >= 15 is 0 Å². The van der Waals surface area contributed by atoms with Gasteiger partial charge in [-0.1, -0.05) is 90.4 Å². The minimum atomic E-state index is -2.34. The fourth-order valence-corrected chi connectivity index (χ4v) is 2.15. The predicted octanol–water partition coefficient (Wildman–Crippen LogP) is 5.46. The third-order valence-electron chi connectivity index (χ3n) is 3.29. The average Bonchev–Trinajstić information content (AvgIpc) is 2.38. The van der Waals surface area contributed by atoms with Crippen LogP contribution in [0.3, 0.4) is 0 Å². The molecule has 0 aromatic rings. The molecule has 1 atom stereocenters. The first-order valence-corrected chi connectivity index (χ1v) is 7.63. The van der Waals surface area contributed by atoms with Crippen LogP contribution >= 0.6 is 0 Å². The second-order valence-corrected chi connectivity index (χ2v) is 5.01. The van der Waals surface area contributed by atoms with Gasteiger partial charge in [0.2, 0.25) is 0 Å². The molecule has 0 aliphatic rings. The van der Waals surface area contributed by atoms with Crippen LogP contribution in [0.15, 0.2) is 0 Å². The van der Waals surface area contributed by atoms with Crippen molar-refractivity contribution in [2.45, 2.75) is 96.8 Å². The van der Waals surface area contributed by atoms with E-state index in [4.69, 9.17) is 9.22 Å². The van der Waals surface area contributed by atoms with E-state index in [9.17, 15) is 0 Å². The zero-order valence-electron chi connectivity index (χ0n) is 14.7. The summed E-state index contributed by atoms with van der Waals surface area (Å²) < 4.78 is 21.5. The lowest BCUT2D eigenvalue weighted by Gasteiger charge is -2.02. The molecular weight excluding hydrogens is 208 g/mol. The Morgan fingerprint density at radius 3 is 1.35 bits per heavy atom. The number of rotatable bonds is 14. The quantitative estimate of drug-likeness (QED) is 0.403. The Kier molecular flexibility index (Phi) is 11.3. The molecule has 1 unspecified atom stereocenters. The van der Waals surface area contributed by atoms with E-state index in [-0.39, 0.29) is 0 Å². The molecule has 0 aromatic carbocycles. The molecule has 0 amide bonds. The Morgan fingerprint density at radius 1 is 0.647 bits per heavy atom.